The molecule has 0 fully saturated rings. The van der Waals surface area contributed by atoms with Gasteiger partial charge in [-0.1, -0.05) is 43.1 Å². The van der Waals surface area contributed by atoms with Gasteiger partial charge in [-0.2, -0.15) is 0 Å². The van der Waals surface area contributed by atoms with Crippen LogP contribution in [0.3, 0.4) is 0 Å². The van der Waals surface area contributed by atoms with E-state index in [4.69, 9.17) is 0 Å². The van der Waals surface area contributed by atoms with E-state index in [9.17, 15) is 4.39 Å². The van der Waals surface area contributed by atoms with Gasteiger partial charge < -0.3 is 5.32 Å². The summed E-state index contributed by atoms with van der Waals surface area (Å²) in [5, 5.41) is 3.46. The molecule has 0 aliphatic carbocycles. The van der Waals surface area contributed by atoms with Crippen molar-refractivity contribution in [2.24, 2.45) is 5.92 Å². The van der Waals surface area contributed by atoms with Crippen LogP contribution >= 0.6 is 15.9 Å². The fourth-order valence-corrected chi connectivity index (χ4v) is 2.37. The number of hydrogen-bond donors (Lipinski definition) is 1. The van der Waals surface area contributed by atoms with E-state index in [1.54, 1.807) is 6.07 Å². The van der Waals surface area contributed by atoms with Gasteiger partial charge in [0.25, 0.3) is 0 Å². The summed E-state index contributed by atoms with van der Waals surface area (Å²) in [5.41, 5.74) is 0.776. The van der Waals surface area contributed by atoms with Crippen LogP contribution in [-0.2, 0) is 0 Å². The van der Waals surface area contributed by atoms with E-state index in [0.29, 0.717) is 5.92 Å². The zero-order valence-electron chi connectivity index (χ0n) is 11.5. The van der Waals surface area contributed by atoms with Crippen LogP contribution in [0.2, 0.25) is 0 Å². The summed E-state index contributed by atoms with van der Waals surface area (Å²) < 4.78 is 14.9. The molecule has 0 heterocycles. The third kappa shape index (κ3) is 4.69. The van der Waals surface area contributed by atoms with Crippen molar-refractivity contribution in [3.8, 4) is 0 Å². The topological polar surface area (TPSA) is 12.0 Å². The molecule has 1 rings (SSSR count). The van der Waals surface area contributed by atoms with Crippen LogP contribution in [0.1, 0.15) is 51.6 Å². The maximum absolute atomic E-state index is 13.9. The third-order valence-corrected chi connectivity index (χ3v) is 3.80. The molecule has 0 amide bonds. The highest BCUT2D eigenvalue weighted by molar-refractivity contribution is 9.10. The molecule has 0 aliphatic rings. The van der Waals surface area contributed by atoms with Crippen LogP contribution in [0.5, 0.6) is 0 Å². The first-order valence-electron chi connectivity index (χ1n) is 6.76. The number of rotatable bonds is 7. The Morgan fingerprint density at radius 2 is 2.06 bits per heavy atom. The summed E-state index contributed by atoms with van der Waals surface area (Å²) in [4.78, 5) is 0. The zero-order chi connectivity index (χ0) is 13.5. The Balaban J connectivity index is 2.89. The molecule has 0 saturated carbocycles. The van der Waals surface area contributed by atoms with Gasteiger partial charge in [-0.15, -0.1) is 0 Å². The average molecular weight is 316 g/mol. The molecule has 1 aromatic carbocycles. The summed E-state index contributed by atoms with van der Waals surface area (Å²) in [5.74, 6) is 0.479. The van der Waals surface area contributed by atoms with Crippen molar-refractivity contribution >= 4 is 15.9 Å². The van der Waals surface area contributed by atoms with Crippen LogP contribution in [0.15, 0.2) is 22.7 Å². The highest BCUT2D eigenvalue weighted by atomic mass is 79.9. The lowest BCUT2D eigenvalue weighted by Gasteiger charge is -2.23. The van der Waals surface area contributed by atoms with E-state index in [0.717, 1.165) is 35.8 Å². The summed E-state index contributed by atoms with van der Waals surface area (Å²) in [6, 6.07) is 5.29. The maximum Gasteiger partial charge on any atom is 0.128 e. The molecule has 2 atom stereocenters. The van der Waals surface area contributed by atoms with Gasteiger partial charge in [0, 0.05) is 16.1 Å². The monoisotopic (exact) mass is 315 g/mol. The van der Waals surface area contributed by atoms with E-state index >= 15 is 0 Å². The van der Waals surface area contributed by atoms with Crippen molar-refractivity contribution in [2.45, 2.75) is 46.1 Å². The Kier molecular flexibility index (Phi) is 6.87. The fraction of sp³-hybridized carbons (Fsp3) is 0.600. The number of benzene rings is 1. The van der Waals surface area contributed by atoms with Gasteiger partial charge in [-0.25, -0.2) is 4.39 Å². The Hall–Kier alpha value is -0.410. The highest BCUT2D eigenvalue weighted by Gasteiger charge is 2.17. The lowest BCUT2D eigenvalue weighted by Crippen LogP contribution is -2.24. The van der Waals surface area contributed by atoms with Crippen molar-refractivity contribution in [1.29, 1.82) is 0 Å². The molecule has 1 N–H and O–H groups in total. The second kappa shape index (κ2) is 7.90. The normalized spacial score (nSPS) is 14.5. The predicted molar refractivity (Wildman–Crippen MR) is 79.2 cm³/mol. The first-order chi connectivity index (χ1) is 8.58. The maximum atomic E-state index is 13.9. The minimum atomic E-state index is -0.116. The molecule has 0 spiro atoms. The largest absolute Gasteiger partial charge is 0.310 e. The fourth-order valence-electron chi connectivity index (χ4n) is 1.99. The smallest absolute Gasteiger partial charge is 0.128 e. The number of nitrogens with one attached hydrogen (secondary N) is 1. The van der Waals surface area contributed by atoms with Gasteiger partial charge in [-0.3, -0.25) is 0 Å². The first-order valence-corrected chi connectivity index (χ1v) is 7.56. The van der Waals surface area contributed by atoms with Crippen molar-refractivity contribution in [2.75, 3.05) is 6.54 Å². The summed E-state index contributed by atoms with van der Waals surface area (Å²) >= 11 is 3.42. The summed E-state index contributed by atoms with van der Waals surface area (Å²) in [7, 11) is 0. The van der Waals surface area contributed by atoms with Gasteiger partial charge in [-0.05, 0) is 43.5 Å². The van der Waals surface area contributed by atoms with Crippen molar-refractivity contribution in [3.05, 3.63) is 34.1 Å². The quantitative estimate of drug-likeness (QED) is 0.741. The van der Waals surface area contributed by atoms with E-state index in [1.807, 2.05) is 6.07 Å². The van der Waals surface area contributed by atoms with Crippen LogP contribution in [-0.4, -0.2) is 6.54 Å². The van der Waals surface area contributed by atoms with Crippen molar-refractivity contribution < 1.29 is 4.39 Å². The van der Waals surface area contributed by atoms with E-state index in [2.05, 4.69) is 42.0 Å². The average Bonchev–Trinajstić information content (AvgIpc) is 2.37. The minimum absolute atomic E-state index is 0.109. The van der Waals surface area contributed by atoms with Gasteiger partial charge in [0.05, 0.1) is 0 Å². The first kappa shape index (κ1) is 15.6. The van der Waals surface area contributed by atoms with Crippen LogP contribution in [0.25, 0.3) is 0 Å². The molecule has 0 bridgehead atoms. The van der Waals surface area contributed by atoms with Crippen LogP contribution in [0.4, 0.5) is 4.39 Å². The Labute approximate surface area is 118 Å². The van der Waals surface area contributed by atoms with Gasteiger partial charge in [0.15, 0.2) is 0 Å². The lowest BCUT2D eigenvalue weighted by atomic mass is 9.94. The molecule has 3 heteroatoms. The van der Waals surface area contributed by atoms with Crippen LogP contribution in [0, 0.1) is 11.7 Å². The standard InChI is InChI=1S/C15H23BrFN/c1-4-8-18-15(9-11(3)5-2)13-10-12(16)6-7-14(13)17/h6-7,10-11,15,18H,4-5,8-9H2,1-3H3. The molecular weight excluding hydrogens is 293 g/mol. The van der Waals surface area contributed by atoms with Gasteiger partial charge >= 0.3 is 0 Å². The Morgan fingerprint density at radius 1 is 1.33 bits per heavy atom. The minimum Gasteiger partial charge on any atom is -0.310 e. The van der Waals surface area contributed by atoms with E-state index < -0.39 is 0 Å². The summed E-state index contributed by atoms with van der Waals surface area (Å²) in [6.07, 6.45) is 3.16. The molecule has 1 aromatic rings. The Morgan fingerprint density at radius 3 is 2.67 bits per heavy atom. The molecule has 0 aromatic heterocycles. The second-order valence-corrected chi connectivity index (χ2v) is 5.84. The van der Waals surface area contributed by atoms with Gasteiger partial charge in [0.1, 0.15) is 5.82 Å². The molecule has 1 nitrogen and oxygen atoms in total. The molecule has 0 radical (unpaired) electrons. The van der Waals surface area contributed by atoms with Crippen LogP contribution < -0.4 is 5.32 Å². The van der Waals surface area contributed by atoms with E-state index in [-0.39, 0.29) is 11.9 Å². The number of halogens is 2. The third-order valence-electron chi connectivity index (χ3n) is 3.31. The molecule has 0 saturated heterocycles. The SMILES string of the molecule is CCCNC(CC(C)CC)c1cc(Br)ccc1F. The Bertz CT molecular complexity index is 368. The number of hydrogen-bond acceptors (Lipinski definition) is 1. The molecule has 18 heavy (non-hydrogen) atoms. The van der Waals surface area contributed by atoms with Crippen molar-refractivity contribution in [3.63, 3.8) is 0 Å². The van der Waals surface area contributed by atoms with Gasteiger partial charge in [0.2, 0.25) is 0 Å². The lowest BCUT2D eigenvalue weighted by molar-refractivity contribution is 0.392. The predicted octanol–water partition coefficient (Wildman–Crippen LogP) is 5.07. The highest BCUT2D eigenvalue weighted by Crippen LogP contribution is 2.27. The molecule has 102 valence electrons. The molecule has 0 aliphatic heterocycles. The van der Waals surface area contributed by atoms with E-state index in [1.165, 1.54) is 6.07 Å². The molecule has 2 unspecified atom stereocenters. The second-order valence-electron chi connectivity index (χ2n) is 4.92. The summed E-state index contributed by atoms with van der Waals surface area (Å²) in [6.45, 7) is 7.45. The zero-order valence-corrected chi connectivity index (χ0v) is 13.1. The van der Waals surface area contributed by atoms with Crippen molar-refractivity contribution in [1.82, 2.24) is 5.32 Å². The molecular formula is C15H23BrFN.